The highest BCUT2D eigenvalue weighted by Crippen LogP contribution is 1.97. The summed E-state index contributed by atoms with van der Waals surface area (Å²) in [7, 11) is 0. The SMILES string of the molecule is C#CC#CC#CCc1ccccc1. The largest absolute Gasteiger partial charge is 0.106 e. The Balaban J connectivity index is 2.52. The van der Waals surface area contributed by atoms with E-state index in [1.54, 1.807) is 0 Å². The van der Waals surface area contributed by atoms with Gasteiger partial charge in [-0.2, -0.15) is 0 Å². The van der Waals surface area contributed by atoms with Gasteiger partial charge in [-0.15, -0.1) is 6.42 Å². The van der Waals surface area contributed by atoms with Crippen LogP contribution in [-0.2, 0) is 6.42 Å². The summed E-state index contributed by atoms with van der Waals surface area (Å²) >= 11 is 0. The summed E-state index contributed by atoms with van der Waals surface area (Å²) in [6.07, 6.45) is 5.65. The molecular formula is C13H8. The van der Waals surface area contributed by atoms with E-state index < -0.39 is 0 Å². The van der Waals surface area contributed by atoms with Crippen LogP contribution in [0.25, 0.3) is 0 Å². The minimum Gasteiger partial charge on any atom is -0.106 e. The number of terminal acetylenes is 1. The predicted molar refractivity (Wildman–Crippen MR) is 54.5 cm³/mol. The Morgan fingerprint density at radius 3 is 2.46 bits per heavy atom. The van der Waals surface area contributed by atoms with Gasteiger partial charge in [0.2, 0.25) is 0 Å². The number of benzene rings is 1. The van der Waals surface area contributed by atoms with E-state index in [1.165, 1.54) is 5.56 Å². The lowest BCUT2D eigenvalue weighted by Crippen LogP contribution is -1.77. The third-order valence-electron chi connectivity index (χ3n) is 1.42. The molecule has 0 bridgehead atoms. The summed E-state index contributed by atoms with van der Waals surface area (Å²) in [4.78, 5) is 0. The van der Waals surface area contributed by atoms with Gasteiger partial charge in [-0.1, -0.05) is 36.3 Å². The monoisotopic (exact) mass is 164 g/mol. The van der Waals surface area contributed by atoms with E-state index in [0.717, 1.165) is 6.42 Å². The lowest BCUT2D eigenvalue weighted by Gasteiger charge is -1.89. The van der Waals surface area contributed by atoms with E-state index in [2.05, 4.69) is 29.6 Å². The Hall–Kier alpha value is -2.10. The molecule has 0 aromatic heterocycles. The molecule has 0 N–H and O–H groups in total. The van der Waals surface area contributed by atoms with Crippen LogP contribution in [0.15, 0.2) is 30.3 Å². The highest BCUT2D eigenvalue weighted by Gasteiger charge is 1.83. The van der Waals surface area contributed by atoms with Gasteiger partial charge in [-0.3, -0.25) is 0 Å². The van der Waals surface area contributed by atoms with Crippen LogP contribution in [0.1, 0.15) is 5.56 Å². The average molecular weight is 164 g/mol. The summed E-state index contributed by atoms with van der Waals surface area (Å²) in [6.45, 7) is 0. The average Bonchev–Trinajstić information content (AvgIpc) is 2.19. The van der Waals surface area contributed by atoms with Gasteiger partial charge in [-0.25, -0.2) is 0 Å². The lowest BCUT2D eigenvalue weighted by atomic mass is 10.2. The first-order valence-corrected chi connectivity index (χ1v) is 3.91. The Morgan fingerprint density at radius 2 is 1.77 bits per heavy atom. The number of hydrogen-bond acceptors (Lipinski definition) is 0. The van der Waals surface area contributed by atoms with Crippen molar-refractivity contribution in [2.45, 2.75) is 6.42 Å². The first-order chi connectivity index (χ1) is 6.43. The van der Waals surface area contributed by atoms with Crippen molar-refractivity contribution in [3.8, 4) is 36.0 Å². The second-order valence-electron chi connectivity index (χ2n) is 2.36. The molecule has 0 saturated carbocycles. The number of hydrogen-bond donors (Lipinski definition) is 0. The Kier molecular flexibility index (Phi) is 3.83. The third-order valence-corrected chi connectivity index (χ3v) is 1.42. The van der Waals surface area contributed by atoms with E-state index in [0.29, 0.717) is 0 Å². The van der Waals surface area contributed by atoms with Crippen LogP contribution in [0.3, 0.4) is 0 Å². The van der Waals surface area contributed by atoms with Crippen molar-refractivity contribution in [3.05, 3.63) is 35.9 Å². The molecule has 0 aliphatic heterocycles. The van der Waals surface area contributed by atoms with Crippen molar-refractivity contribution < 1.29 is 0 Å². The van der Waals surface area contributed by atoms with E-state index in [-0.39, 0.29) is 0 Å². The van der Waals surface area contributed by atoms with Crippen LogP contribution in [-0.4, -0.2) is 0 Å². The normalized spacial score (nSPS) is 7.00. The second-order valence-corrected chi connectivity index (χ2v) is 2.36. The van der Waals surface area contributed by atoms with Gasteiger partial charge in [0.15, 0.2) is 0 Å². The summed E-state index contributed by atoms with van der Waals surface area (Å²) in [6, 6.07) is 10.0. The molecule has 0 aliphatic carbocycles. The van der Waals surface area contributed by atoms with Crippen LogP contribution < -0.4 is 0 Å². The molecular weight excluding hydrogens is 156 g/mol. The molecule has 0 atom stereocenters. The van der Waals surface area contributed by atoms with Crippen molar-refractivity contribution in [1.29, 1.82) is 0 Å². The maximum Gasteiger partial charge on any atom is 0.0350 e. The van der Waals surface area contributed by atoms with Crippen LogP contribution in [0.2, 0.25) is 0 Å². The first-order valence-electron chi connectivity index (χ1n) is 3.91. The zero-order valence-corrected chi connectivity index (χ0v) is 7.17. The number of rotatable bonds is 1. The molecule has 0 radical (unpaired) electrons. The summed E-state index contributed by atoms with van der Waals surface area (Å²) in [5, 5.41) is 0. The molecule has 0 saturated heterocycles. The molecule has 13 heavy (non-hydrogen) atoms. The summed E-state index contributed by atoms with van der Waals surface area (Å²) in [5.41, 5.74) is 1.19. The van der Waals surface area contributed by atoms with Crippen LogP contribution in [0, 0.1) is 36.0 Å². The third kappa shape index (κ3) is 3.71. The molecule has 0 nitrogen and oxygen atoms in total. The van der Waals surface area contributed by atoms with Gasteiger partial charge < -0.3 is 0 Å². The lowest BCUT2D eigenvalue weighted by molar-refractivity contribution is 1.32. The standard InChI is InChI=1S/C13H8/c1-2-3-4-5-7-10-13-11-8-6-9-12-13/h1,6,8-9,11-12H,10H2. The van der Waals surface area contributed by atoms with Crippen molar-refractivity contribution in [2.24, 2.45) is 0 Å². The molecule has 0 unspecified atom stereocenters. The molecule has 60 valence electrons. The molecule has 1 rings (SSSR count). The van der Waals surface area contributed by atoms with Crippen LogP contribution in [0.4, 0.5) is 0 Å². The highest BCUT2D eigenvalue weighted by atomic mass is 13.9. The van der Waals surface area contributed by atoms with Crippen molar-refractivity contribution >= 4 is 0 Å². The molecule has 1 aromatic carbocycles. The smallest absolute Gasteiger partial charge is 0.0350 e. The maximum absolute atomic E-state index is 4.93. The quantitative estimate of drug-likeness (QED) is 0.556. The maximum atomic E-state index is 4.93. The van der Waals surface area contributed by atoms with E-state index in [4.69, 9.17) is 6.42 Å². The Bertz CT molecular complexity index is 410. The zero-order chi connectivity index (χ0) is 9.36. The molecule has 0 heterocycles. The van der Waals surface area contributed by atoms with E-state index >= 15 is 0 Å². The molecule has 0 spiro atoms. The fourth-order valence-electron chi connectivity index (χ4n) is 0.854. The topological polar surface area (TPSA) is 0 Å². The molecule has 0 fully saturated rings. The van der Waals surface area contributed by atoms with Gasteiger partial charge in [0.1, 0.15) is 0 Å². The van der Waals surface area contributed by atoms with Crippen molar-refractivity contribution in [3.63, 3.8) is 0 Å². The Labute approximate surface area is 79.0 Å². The fourth-order valence-corrected chi connectivity index (χ4v) is 0.854. The molecule has 1 aromatic rings. The van der Waals surface area contributed by atoms with Gasteiger partial charge >= 0.3 is 0 Å². The fraction of sp³-hybridized carbons (Fsp3) is 0.0769. The van der Waals surface area contributed by atoms with Crippen molar-refractivity contribution in [1.82, 2.24) is 0 Å². The van der Waals surface area contributed by atoms with Crippen molar-refractivity contribution in [2.75, 3.05) is 0 Å². The van der Waals surface area contributed by atoms with E-state index in [9.17, 15) is 0 Å². The minimum atomic E-state index is 0.722. The van der Waals surface area contributed by atoms with Gasteiger partial charge in [0.05, 0.1) is 0 Å². The first kappa shape index (κ1) is 8.99. The predicted octanol–water partition coefficient (Wildman–Crippen LogP) is 1.87. The molecule has 0 aliphatic rings. The minimum absolute atomic E-state index is 0.722. The second kappa shape index (κ2) is 5.54. The van der Waals surface area contributed by atoms with Crippen LogP contribution >= 0.6 is 0 Å². The molecule has 0 amide bonds. The summed E-state index contributed by atoms with van der Waals surface area (Å²) in [5.74, 6) is 12.8. The molecule has 0 heteroatoms. The van der Waals surface area contributed by atoms with Gasteiger partial charge in [-0.05, 0) is 29.2 Å². The van der Waals surface area contributed by atoms with Gasteiger partial charge in [0, 0.05) is 6.42 Å². The van der Waals surface area contributed by atoms with Crippen LogP contribution in [0.5, 0.6) is 0 Å². The zero-order valence-electron chi connectivity index (χ0n) is 7.17. The highest BCUT2D eigenvalue weighted by molar-refractivity contribution is 5.35. The van der Waals surface area contributed by atoms with E-state index in [1.807, 2.05) is 30.3 Å². The summed E-state index contributed by atoms with van der Waals surface area (Å²) < 4.78 is 0. The van der Waals surface area contributed by atoms with Gasteiger partial charge in [0.25, 0.3) is 0 Å². The Morgan fingerprint density at radius 1 is 1.00 bits per heavy atom.